The molecule has 0 spiro atoms. The molecule has 0 aliphatic carbocycles. The Balaban J connectivity index is 2.86. The maximum Gasteiger partial charge on any atom is 0.246 e. The summed E-state index contributed by atoms with van der Waals surface area (Å²) < 4.78 is 0. The summed E-state index contributed by atoms with van der Waals surface area (Å²) in [5.41, 5.74) is 0. The van der Waals surface area contributed by atoms with Crippen molar-refractivity contribution in [3.8, 4) is 11.8 Å². The van der Waals surface area contributed by atoms with Crippen molar-refractivity contribution in [2.45, 2.75) is 52.6 Å². The maximum absolute atomic E-state index is 12.3. The molecule has 0 aromatic heterocycles. The molecule has 0 aromatic rings. The number of nitrogens with one attached hydrogen (secondary N) is 1. The molecule has 1 heterocycles. The second kappa shape index (κ2) is 6.44. The van der Waals surface area contributed by atoms with Crippen LogP contribution in [0.5, 0.6) is 0 Å². The molecule has 1 N–H and O–H groups in total. The van der Waals surface area contributed by atoms with Gasteiger partial charge in [0.2, 0.25) is 11.8 Å². The second-order valence-electron chi connectivity index (χ2n) is 4.86. The van der Waals surface area contributed by atoms with Crippen LogP contribution in [0.1, 0.15) is 40.5 Å². The van der Waals surface area contributed by atoms with Gasteiger partial charge in [-0.25, -0.2) is 0 Å². The minimum Gasteiger partial charge on any atom is -0.342 e. The maximum atomic E-state index is 12.3. The summed E-state index contributed by atoms with van der Waals surface area (Å²) >= 11 is 0. The Morgan fingerprint density at radius 3 is 2.56 bits per heavy atom. The summed E-state index contributed by atoms with van der Waals surface area (Å²) in [6, 6.07) is -0.735. The summed E-state index contributed by atoms with van der Waals surface area (Å²) in [7, 11) is 0. The van der Waals surface area contributed by atoms with E-state index in [2.05, 4.69) is 17.2 Å². The van der Waals surface area contributed by atoms with E-state index in [4.69, 9.17) is 0 Å². The summed E-state index contributed by atoms with van der Waals surface area (Å²) in [6.45, 7) is 8.12. The van der Waals surface area contributed by atoms with Crippen LogP contribution >= 0.6 is 0 Å². The zero-order chi connectivity index (χ0) is 13.7. The minimum atomic E-state index is -0.394. The van der Waals surface area contributed by atoms with Gasteiger partial charge in [-0.2, -0.15) is 0 Å². The highest BCUT2D eigenvalue weighted by Crippen LogP contribution is 2.17. The van der Waals surface area contributed by atoms with E-state index in [-0.39, 0.29) is 23.8 Å². The summed E-state index contributed by atoms with van der Waals surface area (Å²) in [5, 5.41) is 2.82. The number of carbonyl (C=O) groups excluding carboxylic acids is 2. The van der Waals surface area contributed by atoms with Crippen LogP contribution in [0.15, 0.2) is 0 Å². The standard InChI is InChI=1S/C14H22N2O2/c1-5-7-8-9-16-11(6-2)13(17)15-12(10(3)4)14(16)18/h10-12H,6,8-9H2,1-4H3,(H,15,17). The van der Waals surface area contributed by atoms with Gasteiger partial charge in [-0.3, -0.25) is 9.59 Å². The van der Waals surface area contributed by atoms with E-state index in [1.807, 2.05) is 20.8 Å². The highest BCUT2D eigenvalue weighted by Gasteiger charge is 2.40. The summed E-state index contributed by atoms with van der Waals surface area (Å²) in [6.07, 6.45) is 1.26. The van der Waals surface area contributed by atoms with Crippen molar-refractivity contribution in [3.63, 3.8) is 0 Å². The number of nitrogens with zero attached hydrogens (tertiary/aromatic N) is 1. The third kappa shape index (κ3) is 3.04. The lowest BCUT2D eigenvalue weighted by Crippen LogP contribution is -2.64. The van der Waals surface area contributed by atoms with Crippen LogP contribution in [0.25, 0.3) is 0 Å². The average Bonchev–Trinajstić information content (AvgIpc) is 2.33. The fourth-order valence-electron chi connectivity index (χ4n) is 2.21. The molecule has 0 aromatic carbocycles. The number of amides is 2. The van der Waals surface area contributed by atoms with Gasteiger partial charge in [0.05, 0.1) is 0 Å². The first-order chi connectivity index (χ1) is 8.52. The molecule has 18 heavy (non-hydrogen) atoms. The second-order valence-corrected chi connectivity index (χ2v) is 4.86. The molecule has 0 radical (unpaired) electrons. The van der Waals surface area contributed by atoms with Crippen molar-refractivity contribution < 1.29 is 9.59 Å². The Bertz CT molecular complexity index is 379. The van der Waals surface area contributed by atoms with Crippen LogP contribution < -0.4 is 5.32 Å². The average molecular weight is 250 g/mol. The fourth-order valence-corrected chi connectivity index (χ4v) is 2.21. The van der Waals surface area contributed by atoms with Crippen LogP contribution in [0.3, 0.4) is 0 Å². The van der Waals surface area contributed by atoms with Crippen LogP contribution in [0.4, 0.5) is 0 Å². The van der Waals surface area contributed by atoms with Crippen molar-refractivity contribution in [2.75, 3.05) is 6.54 Å². The van der Waals surface area contributed by atoms with Gasteiger partial charge < -0.3 is 10.2 Å². The van der Waals surface area contributed by atoms with Gasteiger partial charge in [0.25, 0.3) is 0 Å². The van der Waals surface area contributed by atoms with Crippen molar-refractivity contribution in [1.82, 2.24) is 10.2 Å². The van der Waals surface area contributed by atoms with Gasteiger partial charge >= 0.3 is 0 Å². The smallest absolute Gasteiger partial charge is 0.246 e. The predicted octanol–water partition coefficient (Wildman–Crippen LogP) is 1.16. The first-order valence-electron chi connectivity index (χ1n) is 6.53. The zero-order valence-corrected chi connectivity index (χ0v) is 11.6. The lowest BCUT2D eigenvalue weighted by molar-refractivity contribution is -0.150. The molecule has 1 fully saturated rings. The molecular weight excluding hydrogens is 228 g/mol. The molecular formula is C14H22N2O2. The number of hydrogen-bond donors (Lipinski definition) is 1. The van der Waals surface area contributed by atoms with Crippen molar-refractivity contribution in [1.29, 1.82) is 0 Å². The molecule has 1 aliphatic rings. The van der Waals surface area contributed by atoms with E-state index < -0.39 is 6.04 Å². The van der Waals surface area contributed by atoms with E-state index in [1.165, 1.54) is 0 Å². The fraction of sp³-hybridized carbons (Fsp3) is 0.714. The molecule has 1 aliphatic heterocycles. The number of hydrogen-bond acceptors (Lipinski definition) is 2. The molecule has 4 nitrogen and oxygen atoms in total. The SMILES string of the molecule is CC#CCCN1C(=O)C(C(C)C)NC(=O)C1CC. The summed E-state index contributed by atoms with van der Waals surface area (Å²) in [5.74, 6) is 5.85. The minimum absolute atomic E-state index is 0.0225. The van der Waals surface area contributed by atoms with Crippen LogP contribution in [0, 0.1) is 17.8 Å². The van der Waals surface area contributed by atoms with Gasteiger partial charge in [0.15, 0.2) is 0 Å². The lowest BCUT2D eigenvalue weighted by atomic mass is 9.97. The van der Waals surface area contributed by atoms with Crippen LogP contribution in [-0.4, -0.2) is 35.3 Å². The topological polar surface area (TPSA) is 49.4 Å². The largest absolute Gasteiger partial charge is 0.342 e. The molecule has 0 bridgehead atoms. The Morgan fingerprint density at radius 2 is 2.06 bits per heavy atom. The van der Waals surface area contributed by atoms with E-state index in [0.29, 0.717) is 19.4 Å². The zero-order valence-electron chi connectivity index (χ0n) is 11.6. The highest BCUT2D eigenvalue weighted by atomic mass is 16.2. The molecule has 0 saturated carbocycles. The van der Waals surface area contributed by atoms with Crippen LogP contribution in [0.2, 0.25) is 0 Å². The lowest BCUT2D eigenvalue weighted by Gasteiger charge is -2.39. The molecule has 2 atom stereocenters. The first-order valence-corrected chi connectivity index (χ1v) is 6.53. The monoisotopic (exact) mass is 250 g/mol. The van der Waals surface area contributed by atoms with Gasteiger partial charge in [-0.05, 0) is 19.3 Å². The Labute approximate surface area is 109 Å². The number of rotatable bonds is 4. The van der Waals surface area contributed by atoms with Gasteiger partial charge in [-0.15, -0.1) is 11.8 Å². The first kappa shape index (κ1) is 14.6. The van der Waals surface area contributed by atoms with Gasteiger partial charge in [0.1, 0.15) is 12.1 Å². The molecule has 2 amide bonds. The van der Waals surface area contributed by atoms with Crippen LogP contribution in [-0.2, 0) is 9.59 Å². The third-order valence-electron chi connectivity index (χ3n) is 3.23. The van der Waals surface area contributed by atoms with Gasteiger partial charge in [-0.1, -0.05) is 20.8 Å². The molecule has 4 heteroatoms. The summed E-state index contributed by atoms with van der Waals surface area (Å²) in [4.78, 5) is 26.0. The van der Waals surface area contributed by atoms with E-state index in [9.17, 15) is 9.59 Å². The Morgan fingerprint density at radius 1 is 1.39 bits per heavy atom. The highest BCUT2D eigenvalue weighted by molar-refractivity contribution is 5.97. The van der Waals surface area contributed by atoms with E-state index >= 15 is 0 Å². The normalized spacial score (nSPS) is 23.7. The molecule has 1 rings (SSSR count). The predicted molar refractivity (Wildman–Crippen MR) is 70.6 cm³/mol. The number of carbonyl (C=O) groups is 2. The number of piperazine rings is 1. The van der Waals surface area contributed by atoms with Crippen molar-refractivity contribution >= 4 is 11.8 Å². The van der Waals surface area contributed by atoms with Gasteiger partial charge in [0, 0.05) is 13.0 Å². The Kier molecular flexibility index (Phi) is 5.21. The van der Waals surface area contributed by atoms with Crippen molar-refractivity contribution in [2.24, 2.45) is 5.92 Å². The van der Waals surface area contributed by atoms with E-state index in [0.717, 1.165) is 0 Å². The Hall–Kier alpha value is -1.50. The quantitative estimate of drug-likeness (QED) is 0.761. The molecule has 1 saturated heterocycles. The third-order valence-corrected chi connectivity index (χ3v) is 3.23. The van der Waals surface area contributed by atoms with Crippen molar-refractivity contribution in [3.05, 3.63) is 0 Å². The molecule has 100 valence electrons. The molecule has 2 unspecified atom stereocenters. The van der Waals surface area contributed by atoms with E-state index in [1.54, 1.807) is 11.8 Å².